The molecular formula is C11H14FN. The van der Waals surface area contributed by atoms with Gasteiger partial charge in [-0.2, -0.15) is 0 Å². The quantitative estimate of drug-likeness (QED) is 0.645. The molecule has 0 spiro atoms. The number of aryl methyl sites for hydroxylation is 1. The van der Waals surface area contributed by atoms with E-state index in [-0.39, 0.29) is 5.82 Å². The van der Waals surface area contributed by atoms with Crippen molar-refractivity contribution in [3.05, 3.63) is 29.1 Å². The van der Waals surface area contributed by atoms with Crippen LogP contribution in [-0.4, -0.2) is 6.54 Å². The highest BCUT2D eigenvalue weighted by atomic mass is 19.1. The zero-order valence-electron chi connectivity index (χ0n) is 8.02. The van der Waals surface area contributed by atoms with Crippen LogP contribution in [0.2, 0.25) is 0 Å². The number of fused-ring (bicyclic) bond motifs is 1. The molecular weight excluding hydrogens is 165 g/mol. The molecule has 0 aliphatic carbocycles. The predicted molar refractivity (Wildman–Crippen MR) is 52.5 cm³/mol. The molecule has 1 N–H and O–H groups in total. The number of halogens is 1. The maximum Gasteiger partial charge on any atom is 0.128 e. The summed E-state index contributed by atoms with van der Waals surface area (Å²) in [6.45, 7) is 5.11. The Bertz CT molecular complexity index is 333. The van der Waals surface area contributed by atoms with Crippen LogP contribution < -0.4 is 5.32 Å². The molecule has 1 aliphatic heterocycles. The third kappa shape index (κ3) is 1.41. The number of benzene rings is 1. The first-order valence-electron chi connectivity index (χ1n) is 4.70. The van der Waals surface area contributed by atoms with Gasteiger partial charge < -0.3 is 5.32 Å². The highest BCUT2D eigenvalue weighted by molar-refractivity contribution is 5.59. The molecule has 1 aliphatic rings. The molecule has 1 unspecified atom stereocenters. The van der Waals surface area contributed by atoms with E-state index in [2.05, 4.69) is 12.2 Å². The fraction of sp³-hybridized carbons (Fsp3) is 0.455. The molecule has 0 saturated heterocycles. The molecule has 0 amide bonds. The van der Waals surface area contributed by atoms with Gasteiger partial charge in [0.05, 0.1) is 0 Å². The van der Waals surface area contributed by atoms with Gasteiger partial charge in [0.2, 0.25) is 0 Å². The van der Waals surface area contributed by atoms with Crippen molar-refractivity contribution in [2.45, 2.75) is 20.3 Å². The molecule has 1 aromatic carbocycles. The molecule has 13 heavy (non-hydrogen) atoms. The monoisotopic (exact) mass is 179 g/mol. The van der Waals surface area contributed by atoms with Crippen LogP contribution in [0, 0.1) is 18.7 Å². The van der Waals surface area contributed by atoms with Gasteiger partial charge in [-0.05, 0) is 30.9 Å². The van der Waals surface area contributed by atoms with E-state index < -0.39 is 0 Å². The summed E-state index contributed by atoms with van der Waals surface area (Å²) in [5.41, 5.74) is 3.01. The SMILES string of the molecule is Cc1ccc(F)c2c1NCC(C)C2. The van der Waals surface area contributed by atoms with E-state index in [1.54, 1.807) is 6.07 Å². The van der Waals surface area contributed by atoms with E-state index in [0.29, 0.717) is 5.92 Å². The number of rotatable bonds is 0. The molecule has 2 heteroatoms. The molecule has 0 aromatic heterocycles. The number of hydrogen-bond acceptors (Lipinski definition) is 1. The molecule has 1 atom stereocenters. The van der Waals surface area contributed by atoms with Crippen LogP contribution in [0.15, 0.2) is 12.1 Å². The molecule has 0 saturated carbocycles. The second kappa shape index (κ2) is 3.02. The van der Waals surface area contributed by atoms with Crippen molar-refractivity contribution in [2.24, 2.45) is 5.92 Å². The first-order chi connectivity index (χ1) is 6.18. The first-order valence-corrected chi connectivity index (χ1v) is 4.70. The topological polar surface area (TPSA) is 12.0 Å². The minimum absolute atomic E-state index is 0.0698. The summed E-state index contributed by atoms with van der Waals surface area (Å²) in [6.07, 6.45) is 0.857. The summed E-state index contributed by atoms with van der Waals surface area (Å²) in [5.74, 6) is 0.462. The highest BCUT2D eigenvalue weighted by Gasteiger charge is 2.19. The van der Waals surface area contributed by atoms with Crippen LogP contribution in [0.4, 0.5) is 10.1 Å². The second-order valence-electron chi connectivity index (χ2n) is 3.91. The lowest BCUT2D eigenvalue weighted by Crippen LogP contribution is -2.22. The molecule has 0 bridgehead atoms. The van der Waals surface area contributed by atoms with Gasteiger partial charge in [0.15, 0.2) is 0 Å². The Kier molecular flexibility index (Phi) is 1.98. The van der Waals surface area contributed by atoms with Crippen molar-refractivity contribution in [1.82, 2.24) is 0 Å². The Morgan fingerprint density at radius 2 is 2.23 bits per heavy atom. The largest absolute Gasteiger partial charge is 0.384 e. The number of hydrogen-bond donors (Lipinski definition) is 1. The Morgan fingerprint density at radius 1 is 1.46 bits per heavy atom. The summed E-state index contributed by atoms with van der Waals surface area (Å²) in [5, 5.41) is 3.28. The van der Waals surface area contributed by atoms with Crippen molar-refractivity contribution in [2.75, 3.05) is 11.9 Å². The zero-order valence-corrected chi connectivity index (χ0v) is 8.02. The average molecular weight is 179 g/mol. The maximum absolute atomic E-state index is 13.4. The standard InChI is InChI=1S/C11H14FN/c1-7-5-9-10(12)4-3-8(2)11(9)13-6-7/h3-4,7,13H,5-6H2,1-2H3. The maximum atomic E-state index is 13.4. The van der Waals surface area contributed by atoms with Gasteiger partial charge in [-0.25, -0.2) is 4.39 Å². The number of nitrogens with one attached hydrogen (secondary N) is 1. The van der Waals surface area contributed by atoms with E-state index in [0.717, 1.165) is 29.8 Å². The summed E-state index contributed by atoms with van der Waals surface area (Å²) in [6, 6.07) is 3.39. The van der Waals surface area contributed by atoms with Crippen LogP contribution in [0.1, 0.15) is 18.1 Å². The second-order valence-corrected chi connectivity index (χ2v) is 3.91. The van der Waals surface area contributed by atoms with E-state index in [1.165, 1.54) is 0 Å². The lowest BCUT2D eigenvalue weighted by atomic mass is 9.93. The Morgan fingerprint density at radius 3 is 3.00 bits per heavy atom. The van der Waals surface area contributed by atoms with E-state index in [4.69, 9.17) is 0 Å². The number of anilines is 1. The molecule has 2 rings (SSSR count). The van der Waals surface area contributed by atoms with Gasteiger partial charge in [0.1, 0.15) is 5.82 Å². The zero-order chi connectivity index (χ0) is 9.42. The normalized spacial score (nSPS) is 20.7. The van der Waals surface area contributed by atoms with E-state index in [9.17, 15) is 4.39 Å². The van der Waals surface area contributed by atoms with Gasteiger partial charge in [0, 0.05) is 17.8 Å². The van der Waals surface area contributed by atoms with Crippen LogP contribution in [-0.2, 0) is 6.42 Å². The van der Waals surface area contributed by atoms with Crippen LogP contribution in [0.3, 0.4) is 0 Å². The fourth-order valence-corrected chi connectivity index (χ4v) is 1.88. The lowest BCUT2D eigenvalue weighted by molar-refractivity contribution is 0.546. The Hall–Kier alpha value is -1.05. The van der Waals surface area contributed by atoms with E-state index in [1.807, 2.05) is 13.0 Å². The van der Waals surface area contributed by atoms with Crippen molar-refractivity contribution in [3.8, 4) is 0 Å². The Labute approximate surface area is 78.0 Å². The van der Waals surface area contributed by atoms with Crippen LogP contribution in [0.25, 0.3) is 0 Å². The molecule has 1 aromatic rings. The third-order valence-corrected chi connectivity index (χ3v) is 2.64. The summed E-state index contributed by atoms with van der Waals surface area (Å²) < 4.78 is 13.4. The minimum atomic E-state index is -0.0698. The fourth-order valence-electron chi connectivity index (χ4n) is 1.88. The lowest BCUT2D eigenvalue weighted by Gasteiger charge is -2.25. The average Bonchev–Trinajstić information content (AvgIpc) is 2.12. The van der Waals surface area contributed by atoms with Crippen molar-refractivity contribution in [3.63, 3.8) is 0 Å². The van der Waals surface area contributed by atoms with Gasteiger partial charge in [0.25, 0.3) is 0 Å². The van der Waals surface area contributed by atoms with E-state index >= 15 is 0 Å². The summed E-state index contributed by atoms with van der Waals surface area (Å²) in [4.78, 5) is 0. The summed E-state index contributed by atoms with van der Waals surface area (Å²) in [7, 11) is 0. The van der Waals surface area contributed by atoms with Gasteiger partial charge in [-0.15, -0.1) is 0 Å². The third-order valence-electron chi connectivity index (χ3n) is 2.64. The smallest absolute Gasteiger partial charge is 0.128 e. The van der Waals surface area contributed by atoms with Gasteiger partial charge in [-0.3, -0.25) is 0 Å². The predicted octanol–water partition coefficient (Wildman–Crippen LogP) is 2.74. The molecule has 1 heterocycles. The van der Waals surface area contributed by atoms with Gasteiger partial charge >= 0.3 is 0 Å². The molecule has 1 nitrogen and oxygen atoms in total. The molecule has 70 valence electrons. The van der Waals surface area contributed by atoms with Gasteiger partial charge in [-0.1, -0.05) is 13.0 Å². The molecule has 0 fully saturated rings. The minimum Gasteiger partial charge on any atom is -0.384 e. The highest BCUT2D eigenvalue weighted by Crippen LogP contribution is 2.29. The first kappa shape index (κ1) is 8.54. The molecule has 0 radical (unpaired) electrons. The van der Waals surface area contributed by atoms with Crippen molar-refractivity contribution < 1.29 is 4.39 Å². The van der Waals surface area contributed by atoms with Crippen LogP contribution in [0.5, 0.6) is 0 Å². The van der Waals surface area contributed by atoms with Crippen LogP contribution >= 0.6 is 0 Å². The Balaban J connectivity index is 2.51. The van der Waals surface area contributed by atoms with Crippen molar-refractivity contribution >= 4 is 5.69 Å². The van der Waals surface area contributed by atoms with Crippen molar-refractivity contribution in [1.29, 1.82) is 0 Å². The summed E-state index contributed by atoms with van der Waals surface area (Å²) >= 11 is 0.